The van der Waals surface area contributed by atoms with Crippen LogP contribution < -0.4 is 4.90 Å². The van der Waals surface area contributed by atoms with Crippen LogP contribution in [0, 0.1) is 13.8 Å². The molecule has 0 bridgehead atoms. The minimum Gasteiger partial charge on any atom is -0.352 e. The van der Waals surface area contributed by atoms with Crippen LogP contribution in [0.2, 0.25) is 0 Å². The Balaban J connectivity index is 1.49. The maximum absolute atomic E-state index is 13.3. The molecule has 2 saturated heterocycles. The average molecular weight is 426 g/mol. The number of fused-ring (bicyclic) bond motifs is 1. The van der Waals surface area contributed by atoms with Crippen LogP contribution in [0.25, 0.3) is 5.65 Å². The molecule has 0 spiro atoms. The van der Waals surface area contributed by atoms with Gasteiger partial charge in [0.05, 0.1) is 0 Å². The van der Waals surface area contributed by atoms with Crippen LogP contribution in [0.1, 0.15) is 43.6 Å². The number of nitrogens with zero attached hydrogens (tertiary/aromatic N) is 7. The first kappa shape index (κ1) is 21.3. The Morgan fingerprint density at radius 1 is 0.900 bits per heavy atom. The Bertz CT molecular complexity index is 892. The predicted molar refractivity (Wildman–Crippen MR) is 109 cm³/mol. The summed E-state index contributed by atoms with van der Waals surface area (Å²) in [6.07, 6.45) is -2.23. The number of anilines is 1. The van der Waals surface area contributed by atoms with E-state index < -0.39 is 12.0 Å². The molecule has 2 aromatic heterocycles. The average Bonchev–Trinajstić information content (AvgIpc) is 3.15. The third kappa shape index (κ3) is 3.87. The molecule has 0 atom stereocenters. The first-order valence-electron chi connectivity index (χ1n) is 10.7. The number of aryl methyl sites for hydroxylation is 1. The zero-order valence-corrected chi connectivity index (χ0v) is 18.1. The highest BCUT2D eigenvalue weighted by Gasteiger charge is 2.38. The second-order valence-corrected chi connectivity index (χ2v) is 8.71. The van der Waals surface area contributed by atoms with Crippen molar-refractivity contribution in [3.05, 3.63) is 17.0 Å². The summed E-state index contributed by atoms with van der Waals surface area (Å²) in [5.41, 5.74) is 1.72. The Labute approximate surface area is 174 Å². The lowest BCUT2D eigenvalue weighted by Gasteiger charge is -2.44. The molecule has 2 aliphatic heterocycles. The van der Waals surface area contributed by atoms with Crippen molar-refractivity contribution in [2.24, 2.45) is 0 Å². The highest BCUT2D eigenvalue weighted by molar-refractivity contribution is 5.59. The van der Waals surface area contributed by atoms with Crippen molar-refractivity contribution in [3.8, 4) is 0 Å². The van der Waals surface area contributed by atoms with E-state index in [-0.39, 0.29) is 5.65 Å². The topological polar surface area (TPSA) is 52.8 Å². The van der Waals surface area contributed by atoms with Crippen LogP contribution in [-0.2, 0) is 6.18 Å². The predicted octanol–water partition coefficient (Wildman–Crippen LogP) is 2.75. The lowest BCUT2D eigenvalue weighted by Crippen LogP contribution is -2.54. The van der Waals surface area contributed by atoms with Gasteiger partial charge >= 0.3 is 6.18 Å². The van der Waals surface area contributed by atoms with Gasteiger partial charge in [0, 0.05) is 49.4 Å². The Morgan fingerprint density at radius 3 is 2.10 bits per heavy atom. The van der Waals surface area contributed by atoms with Crippen molar-refractivity contribution < 1.29 is 13.2 Å². The normalized spacial score (nSPS) is 20.6. The largest absolute Gasteiger partial charge is 0.453 e. The fraction of sp³-hybridized carbons (Fsp3) is 0.750. The van der Waals surface area contributed by atoms with Crippen LogP contribution in [0.3, 0.4) is 0 Å². The number of alkyl halides is 3. The minimum absolute atomic E-state index is 0.166. The monoisotopic (exact) mass is 425 g/mol. The summed E-state index contributed by atoms with van der Waals surface area (Å²) in [7, 11) is 0. The number of likely N-dealkylation sites (tertiary alicyclic amines) is 1. The van der Waals surface area contributed by atoms with E-state index in [4.69, 9.17) is 0 Å². The van der Waals surface area contributed by atoms with Crippen LogP contribution in [-0.4, -0.2) is 81.0 Å². The van der Waals surface area contributed by atoms with Crippen LogP contribution in [0.15, 0.2) is 0 Å². The van der Waals surface area contributed by atoms with Crippen molar-refractivity contribution in [2.75, 3.05) is 44.2 Å². The summed E-state index contributed by atoms with van der Waals surface area (Å²) >= 11 is 0. The lowest BCUT2D eigenvalue weighted by atomic mass is 10.0. The molecule has 4 heterocycles. The molecule has 0 N–H and O–H groups in total. The van der Waals surface area contributed by atoms with Gasteiger partial charge < -0.3 is 9.80 Å². The van der Waals surface area contributed by atoms with Gasteiger partial charge in [-0.1, -0.05) is 0 Å². The van der Waals surface area contributed by atoms with E-state index in [1.165, 1.54) is 12.8 Å². The van der Waals surface area contributed by atoms with Crippen molar-refractivity contribution in [1.82, 2.24) is 29.6 Å². The Kier molecular flexibility index (Phi) is 5.65. The molecule has 166 valence electrons. The summed E-state index contributed by atoms with van der Waals surface area (Å²) in [6, 6.07) is 1.18. The summed E-state index contributed by atoms with van der Waals surface area (Å²) in [5, 5.41) is 11.4. The fourth-order valence-electron chi connectivity index (χ4n) is 4.66. The van der Waals surface area contributed by atoms with E-state index in [1.54, 1.807) is 6.92 Å². The van der Waals surface area contributed by atoms with Crippen molar-refractivity contribution in [3.63, 3.8) is 0 Å². The third-order valence-corrected chi connectivity index (χ3v) is 6.68. The van der Waals surface area contributed by atoms with Crippen LogP contribution in [0.4, 0.5) is 19.0 Å². The van der Waals surface area contributed by atoms with Gasteiger partial charge in [-0.25, -0.2) is 0 Å². The van der Waals surface area contributed by atoms with Crippen molar-refractivity contribution in [2.45, 2.75) is 58.8 Å². The van der Waals surface area contributed by atoms with Crippen LogP contribution >= 0.6 is 0 Å². The standard InChI is InChI=1S/C20H30F3N7/c1-13(2)27-7-5-16(6-8-27)28-9-11-29(12-10-28)18-15(4)14(3)17-24-25-19(20(21,22)23)30(17)26-18/h13,16H,5-12H2,1-4H3. The number of piperazine rings is 1. The summed E-state index contributed by atoms with van der Waals surface area (Å²) in [5.74, 6) is -0.475. The number of piperidine rings is 1. The van der Waals surface area contributed by atoms with Gasteiger partial charge in [-0.2, -0.15) is 17.7 Å². The summed E-state index contributed by atoms with van der Waals surface area (Å²) < 4.78 is 40.8. The zero-order chi connectivity index (χ0) is 21.6. The molecule has 0 unspecified atom stereocenters. The van der Waals surface area contributed by atoms with Gasteiger partial charge in [0.25, 0.3) is 5.82 Å². The SMILES string of the molecule is Cc1c(N2CCN(C3CCN(C(C)C)CC3)CC2)nn2c(C(F)(F)F)nnc2c1C. The van der Waals surface area contributed by atoms with Crippen molar-refractivity contribution in [1.29, 1.82) is 0 Å². The molecular formula is C20H30F3N7. The maximum Gasteiger partial charge on any atom is 0.453 e. The molecule has 2 fully saturated rings. The summed E-state index contributed by atoms with van der Waals surface area (Å²) in [6.45, 7) is 13.7. The number of hydrogen-bond donors (Lipinski definition) is 0. The van der Waals surface area contributed by atoms with E-state index in [0.29, 0.717) is 23.5 Å². The van der Waals surface area contributed by atoms with Crippen molar-refractivity contribution >= 4 is 11.5 Å². The molecule has 30 heavy (non-hydrogen) atoms. The number of aromatic nitrogens is 4. The molecular weight excluding hydrogens is 395 g/mol. The highest BCUT2D eigenvalue weighted by Crippen LogP contribution is 2.31. The smallest absolute Gasteiger partial charge is 0.352 e. The van der Waals surface area contributed by atoms with E-state index >= 15 is 0 Å². The van der Waals surface area contributed by atoms with Gasteiger partial charge in [0.1, 0.15) is 0 Å². The van der Waals surface area contributed by atoms with E-state index in [1.807, 2.05) is 6.92 Å². The second-order valence-electron chi connectivity index (χ2n) is 8.71. The number of halogens is 3. The molecule has 2 aliphatic rings. The molecule has 0 aromatic carbocycles. The molecule has 0 saturated carbocycles. The molecule has 7 nitrogen and oxygen atoms in total. The molecule has 0 amide bonds. The van der Waals surface area contributed by atoms with Gasteiger partial charge in [-0.3, -0.25) is 4.90 Å². The van der Waals surface area contributed by atoms with Gasteiger partial charge in [0.15, 0.2) is 11.5 Å². The quantitative estimate of drug-likeness (QED) is 0.754. The summed E-state index contributed by atoms with van der Waals surface area (Å²) in [4.78, 5) is 7.16. The molecule has 0 radical (unpaired) electrons. The Hall–Kier alpha value is -1.94. The molecule has 2 aromatic rings. The number of rotatable bonds is 3. The molecule has 0 aliphatic carbocycles. The van der Waals surface area contributed by atoms with E-state index in [2.05, 4.69) is 43.8 Å². The van der Waals surface area contributed by atoms with Gasteiger partial charge in [-0.05, 0) is 53.6 Å². The molecule has 10 heteroatoms. The molecule has 4 rings (SSSR count). The van der Waals surface area contributed by atoms with Gasteiger partial charge in [-0.15, -0.1) is 15.3 Å². The second kappa shape index (κ2) is 7.96. The highest BCUT2D eigenvalue weighted by atomic mass is 19.4. The van der Waals surface area contributed by atoms with Gasteiger partial charge in [0.2, 0.25) is 0 Å². The van der Waals surface area contributed by atoms with E-state index in [0.717, 1.165) is 49.3 Å². The lowest BCUT2D eigenvalue weighted by molar-refractivity contribution is -0.146. The first-order valence-corrected chi connectivity index (χ1v) is 10.7. The third-order valence-electron chi connectivity index (χ3n) is 6.68. The minimum atomic E-state index is -4.59. The maximum atomic E-state index is 13.3. The van der Waals surface area contributed by atoms with E-state index in [9.17, 15) is 13.2 Å². The first-order chi connectivity index (χ1) is 14.2. The number of hydrogen-bond acceptors (Lipinski definition) is 6. The Morgan fingerprint density at radius 2 is 1.53 bits per heavy atom. The fourth-order valence-corrected chi connectivity index (χ4v) is 4.66. The zero-order valence-electron chi connectivity index (χ0n) is 18.1. The van der Waals surface area contributed by atoms with Crippen LogP contribution in [0.5, 0.6) is 0 Å².